The van der Waals surface area contributed by atoms with Crippen LogP contribution < -0.4 is 5.32 Å². The average molecular weight is 279 g/mol. The van der Waals surface area contributed by atoms with Gasteiger partial charge >= 0.3 is 0 Å². The third-order valence-electron chi connectivity index (χ3n) is 4.35. The van der Waals surface area contributed by atoms with E-state index in [1.165, 1.54) is 12.1 Å². The fraction of sp³-hybridized carbons (Fsp3) is 0.600. The van der Waals surface area contributed by atoms with Crippen LogP contribution in [0.1, 0.15) is 5.56 Å². The maximum atomic E-state index is 12.9. The lowest BCUT2D eigenvalue weighted by Gasteiger charge is -2.38. The van der Waals surface area contributed by atoms with Gasteiger partial charge < -0.3 is 10.4 Å². The molecule has 20 heavy (non-hydrogen) atoms. The minimum Gasteiger partial charge on any atom is -0.390 e. The zero-order valence-electron chi connectivity index (χ0n) is 11.6. The maximum Gasteiger partial charge on any atom is 0.123 e. The number of aliphatic hydroxyl groups is 1. The number of nitrogens with zero attached hydrogens (tertiary/aromatic N) is 2. The van der Waals surface area contributed by atoms with Gasteiger partial charge in [0.1, 0.15) is 5.82 Å². The van der Waals surface area contributed by atoms with E-state index in [0.717, 1.165) is 44.8 Å². The fourth-order valence-corrected chi connectivity index (χ4v) is 3.12. The second-order valence-electron chi connectivity index (χ2n) is 5.73. The average Bonchev–Trinajstić information content (AvgIpc) is 2.89. The Balaban J connectivity index is 1.49. The standard InChI is InChI=1S/C15H22FN3O/c16-13-3-1-12(2-4-13)11-18-5-7-19(8-6-18)14-9-17-10-15(14)20/h1-4,14-15,17,20H,5-11H2/t14-,15-/m0/s1. The number of rotatable bonds is 3. The highest BCUT2D eigenvalue weighted by Gasteiger charge is 2.32. The van der Waals surface area contributed by atoms with Crippen molar-refractivity contribution in [3.63, 3.8) is 0 Å². The molecule has 2 fully saturated rings. The Morgan fingerprint density at radius 3 is 2.40 bits per heavy atom. The van der Waals surface area contributed by atoms with Crippen molar-refractivity contribution in [3.8, 4) is 0 Å². The van der Waals surface area contributed by atoms with Gasteiger partial charge in [-0.05, 0) is 17.7 Å². The molecule has 3 rings (SSSR count). The van der Waals surface area contributed by atoms with Crippen LogP contribution in [-0.2, 0) is 6.54 Å². The van der Waals surface area contributed by atoms with Gasteiger partial charge in [-0.1, -0.05) is 12.1 Å². The number of hydrogen-bond donors (Lipinski definition) is 2. The van der Waals surface area contributed by atoms with E-state index >= 15 is 0 Å². The lowest BCUT2D eigenvalue weighted by atomic mass is 10.1. The van der Waals surface area contributed by atoms with Crippen molar-refractivity contribution in [2.24, 2.45) is 0 Å². The van der Waals surface area contributed by atoms with E-state index in [9.17, 15) is 9.50 Å². The summed E-state index contributed by atoms with van der Waals surface area (Å²) in [6, 6.07) is 7.01. The molecular formula is C15H22FN3O. The van der Waals surface area contributed by atoms with E-state index in [1.807, 2.05) is 12.1 Å². The highest BCUT2D eigenvalue weighted by molar-refractivity contribution is 5.16. The van der Waals surface area contributed by atoms with Crippen molar-refractivity contribution in [1.82, 2.24) is 15.1 Å². The van der Waals surface area contributed by atoms with Crippen molar-refractivity contribution < 1.29 is 9.50 Å². The summed E-state index contributed by atoms with van der Waals surface area (Å²) in [5, 5.41) is 13.1. The Bertz CT molecular complexity index is 431. The van der Waals surface area contributed by atoms with Gasteiger partial charge in [0.2, 0.25) is 0 Å². The molecule has 1 aromatic carbocycles. The number of aliphatic hydroxyl groups excluding tert-OH is 1. The summed E-state index contributed by atoms with van der Waals surface area (Å²) in [4.78, 5) is 4.77. The number of benzene rings is 1. The van der Waals surface area contributed by atoms with Crippen molar-refractivity contribution in [2.75, 3.05) is 39.3 Å². The molecule has 2 saturated heterocycles. The third kappa shape index (κ3) is 3.17. The van der Waals surface area contributed by atoms with Crippen LogP contribution >= 0.6 is 0 Å². The van der Waals surface area contributed by atoms with Gasteiger partial charge in [-0.25, -0.2) is 4.39 Å². The number of β-amino-alcohol motifs (C(OH)–C–C–N with tert-alkyl or cyclic N) is 1. The molecule has 0 unspecified atom stereocenters. The van der Waals surface area contributed by atoms with Gasteiger partial charge in [-0.3, -0.25) is 9.80 Å². The number of halogens is 1. The molecule has 2 N–H and O–H groups in total. The number of piperazine rings is 1. The minimum atomic E-state index is -0.237. The highest BCUT2D eigenvalue weighted by Crippen LogP contribution is 2.14. The fourth-order valence-electron chi connectivity index (χ4n) is 3.12. The van der Waals surface area contributed by atoms with Crippen LogP contribution in [0.5, 0.6) is 0 Å². The first kappa shape index (κ1) is 13.9. The van der Waals surface area contributed by atoms with Crippen LogP contribution in [0.25, 0.3) is 0 Å². The summed E-state index contributed by atoms with van der Waals surface area (Å²) >= 11 is 0. The summed E-state index contributed by atoms with van der Waals surface area (Å²) in [6.07, 6.45) is -0.237. The van der Waals surface area contributed by atoms with E-state index in [-0.39, 0.29) is 18.0 Å². The van der Waals surface area contributed by atoms with Crippen LogP contribution in [0.4, 0.5) is 4.39 Å². The quantitative estimate of drug-likeness (QED) is 0.833. The van der Waals surface area contributed by atoms with Gasteiger partial charge in [-0.15, -0.1) is 0 Å². The molecule has 0 bridgehead atoms. The first-order valence-corrected chi connectivity index (χ1v) is 7.32. The van der Waals surface area contributed by atoms with Crippen LogP contribution in [-0.4, -0.2) is 66.3 Å². The zero-order valence-corrected chi connectivity index (χ0v) is 11.6. The summed E-state index contributed by atoms with van der Waals surface area (Å²) in [7, 11) is 0. The normalized spacial score (nSPS) is 28.9. The SMILES string of the molecule is O[C@H]1CNC[C@@H]1N1CCN(Cc2ccc(F)cc2)CC1. The molecular weight excluding hydrogens is 257 g/mol. The first-order valence-electron chi connectivity index (χ1n) is 7.32. The maximum absolute atomic E-state index is 12.9. The van der Waals surface area contributed by atoms with Gasteiger partial charge in [0.25, 0.3) is 0 Å². The summed E-state index contributed by atoms with van der Waals surface area (Å²) in [6.45, 7) is 6.45. The van der Waals surface area contributed by atoms with E-state index in [4.69, 9.17) is 0 Å². The highest BCUT2D eigenvalue weighted by atomic mass is 19.1. The summed E-state index contributed by atoms with van der Waals surface area (Å²) in [5.41, 5.74) is 1.16. The van der Waals surface area contributed by atoms with Gasteiger partial charge in [-0.2, -0.15) is 0 Å². The van der Waals surface area contributed by atoms with Crippen LogP contribution in [0.3, 0.4) is 0 Å². The summed E-state index contributed by atoms with van der Waals surface area (Å²) < 4.78 is 12.9. The van der Waals surface area contributed by atoms with Crippen molar-refractivity contribution in [1.29, 1.82) is 0 Å². The Kier molecular flexibility index (Phi) is 4.31. The predicted octanol–water partition coefficient (Wildman–Crippen LogP) is 0.276. The molecule has 1 aromatic rings. The molecule has 0 radical (unpaired) electrons. The third-order valence-corrected chi connectivity index (χ3v) is 4.35. The largest absolute Gasteiger partial charge is 0.390 e. The number of nitrogens with one attached hydrogen (secondary N) is 1. The van der Waals surface area contributed by atoms with Crippen LogP contribution in [0.15, 0.2) is 24.3 Å². The lowest BCUT2D eigenvalue weighted by molar-refractivity contribution is 0.0424. The van der Waals surface area contributed by atoms with E-state index < -0.39 is 0 Å². The lowest BCUT2D eigenvalue weighted by Crippen LogP contribution is -2.53. The zero-order chi connectivity index (χ0) is 13.9. The molecule has 0 saturated carbocycles. The predicted molar refractivity (Wildman–Crippen MR) is 75.9 cm³/mol. The molecule has 110 valence electrons. The van der Waals surface area contributed by atoms with Crippen molar-refractivity contribution in [3.05, 3.63) is 35.6 Å². The molecule has 0 aromatic heterocycles. The Morgan fingerprint density at radius 2 is 1.80 bits per heavy atom. The molecule has 0 aliphatic carbocycles. The molecule has 2 aliphatic heterocycles. The Morgan fingerprint density at radius 1 is 1.10 bits per heavy atom. The summed E-state index contributed by atoms with van der Waals surface area (Å²) in [5.74, 6) is -0.179. The molecule has 2 atom stereocenters. The smallest absolute Gasteiger partial charge is 0.123 e. The second-order valence-corrected chi connectivity index (χ2v) is 5.73. The first-order chi connectivity index (χ1) is 9.72. The second kappa shape index (κ2) is 6.18. The van der Waals surface area contributed by atoms with Gasteiger partial charge in [0.05, 0.1) is 6.10 Å². The number of hydrogen-bond acceptors (Lipinski definition) is 4. The van der Waals surface area contributed by atoms with E-state index in [2.05, 4.69) is 15.1 Å². The van der Waals surface area contributed by atoms with Crippen LogP contribution in [0, 0.1) is 5.82 Å². The van der Waals surface area contributed by atoms with Gasteiger partial charge in [0, 0.05) is 51.9 Å². The monoisotopic (exact) mass is 279 g/mol. The molecule has 4 nitrogen and oxygen atoms in total. The Labute approximate surface area is 119 Å². The van der Waals surface area contributed by atoms with Crippen molar-refractivity contribution in [2.45, 2.75) is 18.7 Å². The molecule has 5 heteroatoms. The molecule has 2 aliphatic rings. The topological polar surface area (TPSA) is 38.7 Å². The van der Waals surface area contributed by atoms with Crippen LogP contribution in [0.2, 0.25) is 0 Å². The minimum absolute atomic E-state index is 0.179. The van der Waals surface area contributed by atoms with E-state index in [0.29, 0.717) is 6.54 Å². The van der Waals surface area contributed by atoms with Crippen molar-refractivity contribution >= 4 is 0 Å². The molecule has 0 spiro atoms. The van der Waals surface area contributed by atoms with E-state index in [1.54, 1.807) is 0 Å². The molecule has 0 amide bonds. The molecule has 2 heterocycles. The Hall–Kier alpha value is -1.01. The van der Waals surface area contributed by atoms with Gasteiger partial charge in [0.15, 0.2) is 0 Å².